The van der Waals surface area contributed by atoms with Crippen molar-refractivity contribution < 1.29 is 14.7 Å². The van der Waals surface area contributed by atoms with E-state index in [1.807, 2.05) is 0 Å². The van der Waals surface area contributed by atoms with Crippen LogP contribution < -0.4 is 11.5 Å². The number of carbonyl (C=O) groups is 2. The Balaban J connectivity index is 2.27. The lowest BCUT2D eigenvalue weighted by molar-refractivity contribution is -0.139. The second-order valence-corrected chi connectivity index (χ2v) is 4.20. The lowest BCUT2D eigenvalue weighted by Gasteiger charge is -2.30. The highest BCUT2D eigenvalue weighted by atomic mass is 16.4. The number of carbonyl (C=O) groups excluding carboxylic acids is 1. The third-order valence-corrected chi connectivity index (χ3v) is 2.88. The molecule has 16 heavy (non-hydrogen) atoms. The first-order valence-corrected chi connectivity index (χ1v) is 5.52. The molecule has 0 unspecified atom stereocenters. The monoisotopic (exact) mass is 229 g/mol. The zero-order chi connectivity index (χ0) is 12.1. The van der Waals surface area contributed by atoms with E-state index in [-0.39, 0.29) is 24.8 Å². The van der Waals surface area contributed by atoms with Crippen LogP contribution in [-0.2, 0) is 9.59 Å². The number of hydrogen-bond donors (Lipinski definition) is 3. The minimum Gasteiger partial charge on any atom is -0.480 e. The molecule has 5 N–H and O–H groups in total. The summed E-state index contributed by atoms with van der Waals surface area (Å²) in [5.41, 5.74) is 11.0. The van der Waals surface area contributed by atoms with Crippen LogP contribution in [0, 0.1) is 0 Å². The molecule has 0 spiro atoms. The van der Waals surface area contributed by atoms with E-state index in [0.29, 0.717) is 13.1 Å². The van der Waals surface area contributed by atoms with Crippen LogP contribution in [0.2, 0.25) is 0 Å². The normalized spacial score (nSPS) is 19.5. The average molecular weight is 229 g/mol. The Hall–Kier alpha value is -1.14. The molecular weight excluding hydrogens is 210 g/mol. The lowest BCUT2D eigenvalue weighted by Crippen LogP contribution is -2.43. The minimum atomic E-state index is -1.06. The van der Waals surface area contributed by atoms with Gasteiger partial charge in [-0.2, -0.15) is 0 Å². The maximum absolute atomic E-state index is 11.7. The number of carboxylic acids is 1. The Morgan fingerprint density at radius 3 is 2.44 bits per heavy atom. The lowest BCUT2D eigenvalue weighted by atomic mass is 10.0. The van der Waals surface area contributed by atoms with Crippen LogP contribution >= 0.6 is 0 Å². The van der Waals surface area contributed by atoms with Crippen molar-refractivity contribution in [1.29, 1.82) is 0 Å². The summed E-state index contributed by atoms with van der Waals surface area (Å²) in [5.74, 6) is -1.09. The van der Waals surface area contributed by atoms with Crippen molar-refractivity contribution >= 4 is 11.9 Å². The molecule has 0 bridgehead atoms. The molecule has 0 aromatic heterocycles. The summed E-state index contributed by atoms with van der Waals surface area (Å²) in [4.78, 5) is 23.9. The van der Waals surface area contributed by atoms with Gasteiger partial charge in [-0.05, 0) is 19.3 Å². The van der Waals surface area contributed by atoms with Gasteiger partial charge < -0.3 is 21.5 Å². The number of aliphatic carboxylic acids is 1. The van der Waals surface area contributed by atoms with Crippen molar-refractivity contribution in [2.45, 2.75) is 37.8 Å². The standard InChI is InChI=1S/C10H19N3O3/c11-7-3-5-13(6-4-7)9(14)2-1-8(12)10(15)16/h7-8H,1-6,11-12H2,(H,15,16)/t8-/m0/s1. The number of piperidine rings is 1. The van der Waals surface area contributed by atoms with Crippen molar-refractivity contribution in [3.63, 3.8) is 0 Å². The Kier molecular flexibility index (Phi) is 4.70. The van der Waals surface area contributed by atoms with Gasteiger partial charge >= 0.3 is 5.97 Å². The summed E-state index contributed by atoms with van der Waals surface area (Å²) in [7, 11) is 0. The molecule has 0 aromatic rings. The summed E-state index contributed by atoms with van der Waals surface area (Å²) < 4.78 is 0. The Morgan fingerprint density at radius 2 is 1.94 bits per heavy atom. The van der Waals surface area contributed by atoms with Gasteiger partial charge in [0, 0.05) is 25.6 Å². The van der Waals surface area contributed by atoms with Gasteiger partial charge in [-0.1, -0.05) is 0 Å². The second-order valence-electron chi connectivity index (χ2n) is 4.20. The minimum absolute atomic E-state index is 0.0244. The summed E-state index contributed by atoms with van der Waals surface area (Å²) >= 11 is 0. The molecule has 0 saturated carbocycles. The van der Waals surface area contributed by atoms with Crippen LogP contribution in [0.15, 0.2) is 0 Å². The highest BCUT2D eigenvalue weighted by molar-refractivity contribution is 5.78. The van der Waals surface area contributed by atoms with Crippen molar-refractivity contribution in [2.75, 3.05) is 13.1 Å². The summed E-state index contributed by atoms with van der Waals surface area (Å²) in [6, 6.07) is -0.763. The number of hydrogen-bond acceptors (Lipinski definition) is 4. The highest BCUT2D eigenvalue weighted by Gasteiger charge is 2.21. The average Bonchev–Trinajstić information content (AvgIpc) is 2.26. The Bertz CT molecular complexity index is 262. The smallest absolute Gasteiger partial charge is 0.320 e. The van der Waals surface area contributed by atoms with Crippen molar-refractivity contribution in [2.24, 2.45) is 11.5 Å². The first-order valence-electron chi connectivity index (χ1n) is 5.52. The molecule has 1 rings (SSSR count). The maximum atomic E-state index is 11.7. The van der Waals surface area contributed by atoms with Gasteiger partial charge in [0.2, 0.25) is 5.91 Å². The molecule has 1 aliphatic heterocycles. The number of carboxylic acid groups (broad SMARTS) is 1. The first kappa shape index (κ1) is 12.9. The van der Waals surface area contributed by atoms with Gasteiger partial charge in [0.15, 0.2) is 0 Å². The van der Waals surface area contributed by atoms with Gasteiger partial charge in [-0.25, -0.2) is 0 Å². The molecule has 0 aromatic carbocycles. The van der Waals surface area contributed by atoms with Crippen LogP contribution in [0.5, 0.6) is 0 Å². The summed E-state index contributed by atoms with van der Waals surface area (Å²) in [5, 5.41) is 8.57. The Labute approximate surface area is 94.6 Å². The van der Waals surface area contributed by atoms with Gasteiger partial charge in [0.05, 0.1) is 0 Å². The SMILES string of the molecule is NC1CCN(C(=O)CC[C@H](N)C(=O)O)CC1. The second kappa shape index (κ2) is 5.81. The van der Waals surface area contributed by atoms with E-state index in [1.54, 1.807) is 4.90 Å². The molecular formula is C10H19N3O3. The fraction of sp³-hybridized carbons (Fsp3) is 0.800. The van der Waals surface area contributed by atoms with Crippen LogP contribution in [0.25, 0.3) is 0 Å². The number of amides is 1. The number of likely N-dealkylation sites (tertiary alicyclic amines) is 1. The largest absolute Gasteiger partial charge is 0.480 e. The molecule has 1 atom stereocenters. The molecule has 0 radical (unpaired) electrons. The summed E-state index contributed by atoms with van der Waals surface area (Å²) in [6.07, 6.45) is 2.02. The molecule has 1 heterocycles. The van der Waals surface area contributed by atoms with E-state index >= 15 is 0 Å². The maximum Gasteiger partial charge on any atom is 0.320 e. The van der Waals surface area contributed by atoms with E-state index in [2.05, 4.69) is 0 Å². The number of nitrogens with zero attached hydrogens (tertiary/aromatic N) is 1. The van der Waals surface area contributed by atoms with Crippen LogP contribution in [-0.4, -0.2) is 47.1 Å². The van der Waals surface area contributed by atoms with E-state index in [1.165, 1.54) is 0 Å². The molecule has 1 amide bonds. The molecule has 6 nitrogen and oxygen atoms in total. The molecule has 92 valence electrons. The predicted octanol–water partition coefficient (Wildman–Crippen LogP) is -0.872. The van der Waals surface area contributed by atoms with Crippen molar-refractivity contribution in [3.8, 4) is 0 Å². The third kappa shape index (κ3) is 3.79. The fourth-order valence-corrected chi connectivity index (χ4v) is 1.71. The first-order chi connectivity index (χ1) is 7.50. The molecule has 1 aliphatic rings. The molecule has 6 heteroatoms. The Morgan fingerprint density at radius 1 is 1.38 bits per heavy atom. The molecule has 0 aliphatic carbocycles. The highest BCUT2D eigenvalue weighted by Crippen LogP contribution is 2.10. The molecule has 1 saturated heterocycles. The molecule has 1 fully saturated rings. The van der Waals surface area contributed by atoms with E-state index < -0.39 is 12.0 Å². The van der Waals surface area contributed by atoms with E-state index in [4.69, 9.17) is 16.6 Å². The predicted molar refractivity (Wildman–Crippen MR) is 58.6 cm³/mol. The van der Waals surface area contributed by atoms with Gasteiger partial charge in [-0.15, -0.1) is 0 Å². The zero-order valence-corrected chi connectivity index (χ0v) is 9.26. The topological polar surface area (TPSA) is 110 Å². The number of nitrogens with two attached hydrogens (primary N) is 2. The number of rotatable bonds is 4. The van der Waals surface area contributed by atoms with Crippen LogP contribution in [0.1, 0.15) is 25.7 Å². The van der Waals surface area contributed by atoms with E-state index in [0.717, 1.165) is 12.8 Å². The zero-order valence-electron chi connectivity index (χ0n) is 9.26. The summed E-state index contributed by atoms with van der Waals surface area (Å²) in [6.45, 7) is 1.34. The van der Waals surface area contributed by atoms with Gasteiger partial charge in [-0.3, -0.25) is 9.59 Å². The van der Waals surface area contributed by atoms with Crippen LogP contribution in [0.4, 0.5) is 0 Å². The fourth-order valence-electron chi connectivity index (χ4n) is 1.71. The van der Waals surface area contributed by atoms with Gasteiger partial charge in [0.1, 0.15) is 6.04 Å². The third-order valence-electron chi connectivity index (χ3n) is 2.88. The van der Waals surface area contributed by atoms with Crippen LogP contribution in [0.3, 0.4) is 0 Å². The van der Waals surface area contributed by atoms with Gasteiger partial charge in [0.25, 0.3) is 0 Å². The van der Waals surface area contributed by atoms with E-state index in [9.17, 15) is 9.59 Å². The van der Waals surface area contributed by atoms with Crippen molar-refractivity contribution in [1.82, 2.24) is 4.90 Å². The quantitative estimate of drug-likeness (QED) is 0.580. The van der Waals surface area contributed by atoms with Crippen molar-refractivity contribution in [3.05, 3.63) is 0 Å².